The van der Waals surface area contributed by atoms with E-state index < -0.39 is 17.1 Å². The van der Waals surface area contributed by atoms with Gasteiger partial charge in [-0.2, -0.15) is 5.10 Å². The van der Waals surface area contributed by atoms with E-state index in [1.54, 1.807) is 18.2 Å². The lowest BCUT2D eigenvalue weighted by molar-refractivity contribution is 0.0342. The summed E-state index contributed by atoms with van der Waals surface area (Å²) in [5, 5.41) is 18.8. The molecule has 2 aliphatic rings. The van der Waals surface area contributed by atoms with Gasteiger partial charge in [0, 0.05) is 62.6 Å². The maximum Gasteiger partial charge on any atom is 0.337 e. The van der Waals surface area contributed by atoms with Gasteiger partial charge in [0.25, 0.3) is 5.56 Å². The highest BCUT2D eigenvalue weighted by Gasteiger charge is 2.28. The van der Waals surface area contributed by atoms with Crippen LogP contribution in [0.2, 0.25) is 0 Å². The molecule has 53 heavy (non-hydrogen) atoms. The molecule has 272 valence electrons. The van der Waals surface area contributed by atoms with E-state index in [0.29, 0.717) is 44.8 Å². The number of aryl methyl sites for hydroxylation is 1. The van der Waals surface area contributed by atoms with Crippen molar-refractivity contribution in [1.29, 1.82) is 0 Å². The number of hydrogen-bond acceptors (Lipinski definition) is 8. The number of aromatic nitrogens is 5. The van der Waals surface area contributed by atoms with Crippen molar-refractivity contribution < 1.29 is 14.2 Å². The largest absolute Gasteiger partial charge is 0.508 e. The van der Waals surface area contributed by atoms with Gasteiger partial charge < -0.3 is 15.2 Å². The van der Waals surface area contributed by atoms with Crippen LogP contribution in [-0.2, 0) is 24.9 Å². The molecule has 12 heteroatoms. The van der Waals surface area contributed by atoms with Gasteiger partial charge in [-0.15, -0.1) is 0 Å². The van der Waals surface area contributed by atoms with Gasteiger partial charge in [0.15, 0.2) is 5.65 Å². The summed E-state index contributed by atoms with van der Waals surface area (Å²) >= 11 is 0. The normalized spacial score (nSPS) is 18.1. The topological polar surface area (TPSA) is 119 Å². The zero-order valence-corrected chi connectivity index (χ0v) is 29.6. The Kier molecular flexibility index (Phi) is 9.74. The third kappa shape index (κ3) is 7.17. The molecule has 0 spiro atoms. The van der Waals surface area contributed by atoms with E-state index in [2.05, 4.69) is 32.4 Å². The lowest BCUT2D eigenvalue weighted by Crippen LogP contribution is -2.44. The Morgan fingerprint density at radius 1 is 0.906 bits per heavy atom. The number of aromatic hydroxyl groups is 1. The number of ether oxygens (including phenoxy) is 1. The molecule has 1 saturated carbocycles. The number of rotatable bonds is 9. The van der Waals surface area contributed by atoms with E-state index in [1.165, 1.54) is 15.2 Å². The molecule has 3 aromatic heterocycles. The van der Waals surface area contributed by atoms with Crippen molar-refractivity contribution in [2.24, 2.45) is 7.05 Å². The first-order chi connectivity index (χ1) is 25.8. The van der Waals surface area contributed by atoms with Gasteiger partial charge in [-0.25, -0.2) is 18.7 Å². The number of phenolic OH excluding ortho intramolecular Hbond substituents is 1. The first kappa shape index (κ1) is 34.6. The average Bonchev–Trinajstić information content (AvgIpc) is 3.56. The van der Waals surface area contributed by atoms with Crippen LogP contribution < -0.4 is 16.6 Å². The first-order valence-corrected chi connectivity index (χ1v) is 18.2. The summed E-state index contributed by atoms with van der Waals surface area (Å²) < 4.78 is 24.7. The molecule has 4 heterocycles. The minimum atomic E-state index is -0.643. The molecule has 3 aromatic carbocycles. The Morgan fingerprint density at radius 2 is 1.68 bits per heavy atom. The number of morpholine rings is 1. The van der Waals surface area contributed by atoms with E-state index in [1.807, 2.05) is 60.4 Å². The Bertz CT molecular complexity index is 2370. The summed E-state index contributed by atoms with van der Waals surface area (Å²) in [4.78, 5) is 35.0. The van der Waals surface area contributed by atoms with E-state index in [-0.39, 0.29) is 28.9 Å². The quantitative estimate of drug-likeness (QED) is 0.200. The van der Waals surface area contributed by atoms with Crippen LogP contribution >= 0.6 is 0 Å². The van der Waals surface area contributed by atoms with Crippen molar-refractivity contribution >= 4 is 11.0 Å². The zero-order valence-electron chi connectivity index (χ0n) is 29.6. The molecule has 8 rings (SSSR count). The fourth-order valence-corrected chi connectivity index (χ4v) is 7.84. The van der Waals surface area contributed by atoms with E-state index in [4.69, 9.17) is 4.74 Å². The van der Waals surface area contributed by atoms with Gasteiger partial charge in [-0.05, 0) is 72.7 Å². The zero-order chi connectivity index (χ0) is 36.5. The van der Waals surface area contributed by atoms with Gasteiger partial charge in [-0.1, -0.05) is 48.5 Å². The van der Waals surface area contributed by atoms with E-state index in [0.717, 1.165) is 65.6 Å². The molecule has 0 bridgehead atoms. The summed E-state index contributed by atoms with van der Waals surface area (Å²) in [5.74, 6) is -0.470. The molecule has 0 radical (unpaired) electrons. The van der Waals surface area contributed by atoms with Crippen molar-refractivity contribution in [2.75, 3.05) is 26.3 Å². The van der Waals surface area contributed by atoms with E-state index >= 15 is 0 Å². The molecule has 1 saturated heterocycles. The molecule has 2 N–H and O–H groups in total. The van der Waals surface area contributed by atoms with Crippen molar-refractivity contribution in [3.63, 3.8) is 0 Å². The number of hydrogen-bond donors (Lipinski definition) is 2. The van der Waals surface area contributed by atoms with Crippen LogP contribution in [0.15, 0.2) is 101 Å². The van der Waals surface area contributed by atoms with Crippen LogP contribution in [-0.4, -0.2) is 66.3 Å². The minimum absolute atomic E-state index is 0.0536. The molecular formula is C41H42FN7O4. The van der Waals surface area contributed by atoms with Crippen molar-refractivity contribution in [1.82, 2.24) is 34.1 Å². The third-order valence-electron chi connectivity index (χ3n) is 10.5. The SMILES string of the molecule is Cn1cc(CN[C@H]2CC[C@@H](n3c(=O)c4cc(F)cnc4n(-c4cccc(-c5ccc(O)cc5CN5CCOCC5)c4)c3=O)CC2)c(-c2ccccc2)n1. The van der Waals surface area contributed by atoms with Crippen LogP contribution in [0.5, 0.6) is 5.75 Å². The molecule has 0 unspecified atom stereocenters. The van der Waals surface area contributed by atoms with Crippen LogP contribution in [0.25, 0.3) is 39.1 Å². The lowest BCUT2D eigenvalue weighted by atomic mass is 9.90. The molecule has 0 atom stereocenters. The van der Waals surface area contributed by atoms with Gasteiger partial charge in [-0.3, -0.25) is 18.9 Å². The number of benzene rings is 3. The molecule has 2 fully saturated rings. The summed E-state index contributed by atoms with van der Waals surface area (Å²) in [7, 11) is 1.92. The smallest absolute Gasteiger partial charge is 0.337 e. The Labute approximate surface area is 305 Å². The Morgan fingerprint density at radius 3 is 2.47 bits per heavy atom. The van der Waals surface area contributed by atoms with Crippen LogP contribution in [0.1, 0.15) is 42.9 Å². The Balaban J connectivity index is 1.08. The maximum atomic E-state index is 14.6. The molecular weight excluding hydrogens is 673 g/mol. The van der Waals surface area contributed by atoms with Gasteiger partial charge >= 0.3 is 5.69 Å². The summed E-state index contributed by atoms with van der Waals surface area (Å²) in [5.41, 5.74) is 5.38. The second-order valence-electron chi connectivity index (χ2n) is 14.0. The monoisotopic (exact) mass is 715 g/mol. The van der Waals surface area contributed by atoms with E-state index in [9.17, 15) is 19.1 Å². The minimum Gasteiger partial charge on any atom is -0.508 e. The number of phenols is 1. The van der Waals surface area contributed by atoms with Crippen molar-refractivity contribution in [2.45, 2.75) is 50.9 Å². The third-order valence-corrected chi connectivity index (χ3v) is 10.5. The highest BCUT2D eigenvalue weighted by molar-refractivity contribution is 5.77. The fraction of sp³-hybridized carbons (Fsp3) is 0.317. The van der Waals surface area contributed by atoms with Crippen LogP contribution in [0.3, 0.4) is 0 Å². The predicted molar refractivity (Wildman–Crippen MR) is 202 cm³/mol. The van der Waals surface area contributed by atoms with Gasteiger partial charge in [0.05, 0.1) is 36.2 Å². The second-order valence-corrected chi connectivity index (χ2v) is 14.0. The standard InChI is InChI=1S/C41H42FN7O4/c1-46-25-30(38(45-46)27-6-3-2-4-7-27)23-43-32-10-12-33(13-11-32)49-40(51)37-22-31(42)24-44-39(37)48(41(49)52)34-9-5-8-28(20-34)36-15-14-35(50)21-29(36)26-47-16-18-53-19-17-47/h2-9,14-15,20-22,24-25,32-33,43,50H,10-13,16-19,23,26H2,1H3/t32-,33+. The summed E-state index contributed by atoms with van der Waals surface area (Å²) in [6.45, 7) is 4.16. The van der Waals surface area contributed by atoms with Crippen LogP contribution in [0.4, 0.5) is 4.39 Å². The average molecular weight is 716 g/mol. The lowest BCUT2D eigenvalue weighted by Gasteiger charge is -2.30. The number of pyridine rings is 1. The Hall–Kier alpha value is -5.43. The van der Waals surface area contributed by atoms with Crippen molar-refractivity contribution in [3.8, 4) is 33.8 Å². The highest BCUT2D eigenvalue weighted by atomic mass is 19.1. The number of halogens is 1. The van der Waals surface area contributed by atoms with Crippen molar-refractivity contribution in [3.05, 3.63) is 129 Å². The molecule has 11 nitrogen and oxygen atoms in total. The van der Waals surface area contributed by atoms with Crippen LogP contribution in [0, 0.1) is 5.82 Å². The number of nitrogens with zero attached hydrogens (tertiary/aromatic N) is 6. The molecule has 6 aromatic rings. The summed E-state index contributed by atoms with van der Waals surface area (Å²) in [6.07, 6.45) is 5.82. The highest BCUT2D eigenvalue weighted by Crippen LogP contribution is 2.32. The summed E-state index contributed by atoms with van der Waals surface area (Å²) in [6, 6.07) is 23.9. The maximum absolute atomic E-state index is 14.6. The molecule has 1 aliphatic carbocycles. The second kappa shape index (κ2) is 14.9. The van der Waals surface area contributed by atoms with Gasteiger partial charge in [0.1, 0.15) is 11.6 Å². The number of fused-ring (bicyclic) bond motifs is 1. The first-order valence-electron chi connectivity index (χ1n) is 18.2. The number of nitrogens with one attached hydrogen (secondary N) is 1. The molecule has 1 aliphatic heterocycles. The fourth-order valence-electron chi connectivity index (χ4n) is 7.84. The van der Waals surface area contributed by atoms with Gasteiger partial charge in [0.2, 0.25) is 0 Å². The predicted octanol–water partition coefficient (Wildman–Crippen LogP) is 5.57. The molecule has 0 amide bonds.